The SMILES string of the molecule is O=C(CN1C(=O)C(=O)N(Cc2ccccc2)C1=O)Nc1ccccc1N1CCCC1. The molecule has 0 bridgehead atoms. The maximum absolute atomic E-state index is 12.6. The van der Waals surface area contributed by atoms with Crippen molar-refractivity contribution in [1.29, 1.82) is 0 Å². The van der Waals surface area contributed by atoms with Gasteiger partial charge in [0.1, 0.15) is 6.54 Å². The average molecular weight is 406 g/mol. The van der Waals surface area contributed by atoms with Crippen LogP contribution >= 0.6 is 0 Å². The van der Waals surface area contributed by atoms with Crippen LogP contribution in [0.15, 0.2) is 54.6 Å². The number of carbonyl (C=O) groups is 4. The molecule has 2 fully saturated rings. The van der Waals surface area contributed by atoms with Crippen molar-refractivity contribution in [3.8, 4) is 0 Å². The molecule has 2 saturated heterocycles. The van der Waals surface area contributed by atoms with Crippen molar-refractivity contribution in [2.45, 2.75) is 19.4 Å². The Morgan fingerprint density at radius 3 is 2.20 bits per heavy atom. The molecule has 8 nitrogen and oxygen atoms in total. The summed E-state index contributed by atoms with van der Waals surface area (Å²) < 4.78 is 0. The van der Waals surface area contributed by atoms with E-state index in [1.807, 2.05) is 24.3 Å². The van der Waals surface area contributed by atoms with Gasteiger partial charge in [-0.1, -0.05) is 42.5 Å². The lowest BCUT2D eigenvalue weighted by atomic mass is 10.2. The van der Waals surface area contributed by atoms with Gasteiger partial charge >= 0.3 is 17.8 Å². The number of carbonyl (C=O) groups excluding carboxylic acids is 4. The van der Waals surface area contributed by atoms with Gasteiger partial charge in [-0.2, -0.15) is 0 Å². The minimum atomic E-state index is -0.987. The van der Waals surface area contributed by atoms with Gasteiger partial charge in [0.2, 0.25) is 5.91 Å². The molecule has 0 atom stereocenters. The molecule has 0 spiro atoms. The molecule has 1 N–H and O–H groups in total. The maximum atomic E-state index is 12.6. The van der Waals surface area contributed by atoms with Crippen LogP contribution in [0.4, 0.5) is 16.2 Å². The van der Waals surface area contributed by atoms with Crippen molar-refractivity contribution in [3.63, 3.8) is 0 Å². The van der Waals surface area contributed by atoms with E-state index in [4.69, 9.17) is 0 Å². The van der Waals surface area contributed by atoms with Crippen LogP contribution in [0.25, 0.3) is 0 Å². The Morgan fingerprint density at radius 1 is 0.833 bits per heavy atom. The third-order valence-electron chi connectivity index (χ3n) is 5.25. The molecule has 0 aromatic heterocycles. The predicted molar refractivity (Wildman–Crippen MR) is 111 cm³/mol. The third kappa shape index (κ3) is 3.89. The summed E-state index contributed by atoms with van der Waals surface area (Å²) in [5.74, 6) is -2.44. The summed E-state index contributed by atoms with van der Waals surface area (Å²) in [7, 11) is 0. The summed E-state index contributed by atoms with van der Waals surface area (Å²) in [5, 5.41) is 2.78. The standard InChI is InChI=1S/C22H22N4O4/c27-19(23-17-10-4-5-11-18(17)24-12-6-7-13-24)15-26-21(29)20(28)25(22(26)30)14-16-8-2-1-3-9-16/h1-5,8-11H,6-7,12-15H2,(H,23,27). The second kappa shape index (κ2) is 8.36. The molecular weight excluding hydrogens is 384 g/mol. The van der Waals surface area contributed by atoms with Crippen LogP contribution in [0.5, 0.6) is 0 Å². The predicted octanol–water partition coefficient (Wildman–Crippen LogP) is 2.22. The van der Waals surface area contributed by atoms with Crippen LogP contribution in [0.2, 0.25) is 0 Å². The van der Waals surface area contributed by atoms with Crippen LogP contribution in [0.3, 0.4) is 0 Å². The lowest BCUT2D eigenvalue weighted by Gasteiger charge is -2.22. The monoisotopic (exact) mass is 406 g/mol. The van der Waals surface area contributed by atoms with E-state index in [1.54, 1.807) is 30.3 Å². The molecule has 4 rings (SSSR count). The van der Waals surface area contributed by atoms with Gasteiger partial charge in [-0.25, -0.2) is 9.69 Å². The van der Waals surface area contributed by atoms with Crippen molar-refractivity contribution in [3.05, 3.63) is 60.2 Å². The second-order valence-corrected chi connectivity index (χ2v) is 7.31. The highest BCUT2D eigenvalue weighted by Gasteiger charge is 2.45. The van der Waals surface area contributed by atoms with Gasteiger partial charge in [0.05, 0.1) is 17.9 Å². The molecule has 8 heteroatoms. The van der Waals surface area contributed by atoms with E-state index < -0.39 is 30.3 Å². The number of anilines is 2. The van der Waals surface area contributed by atoms with Crippen LogP contribution < -0.4 is 10.2 Å². The molecular formula is C22H22N4O4. The molecule has 30 heavy (non-hydrogen) atoms. The van der Waals surface area contributed by atoms with Crippen molar-refractivity contribution >= 4 is 35.1 Å². The second-order valence-electron chi connectivity index (χ2n) is 7.31. The Kier molecular flexibility index (Phi) is 5.47. The fraction of sp³-hybridized carbons (Fsp3) is 0.273. The third-order valence-corrected chi connectivity index (χ3v) is 5.25. The number of para-hydroxylation sites is 2. The van der Waals surface area contributed by atoms with Crippen molar-refractivity contribution in [1.82, 2.24) is 9.80 Å². The van der Waals surface area contributed by atoms with Crippen molar-refractivity contribution < 1.29 is 19.2 Å². The van der Waals surface area contributed by atoms with E-state index in [9.17, 15) is 19.2 Å². The molecule has 2 aromatic rings. The van der Waals surface area contributed by atoms with Gasteiger partial charge in [-0.05, 0) is 30.5 Å². The minimum absolute atomic E-state index is 0.0137. The largest absolute Gasteiger partial charge is 0.370 e. The number of urea groups is 1. The number of benzene rings is 2. The average Bonchev–Trinajstić information content (AvgIpc) is 3.35. The zero-order valence-electron chi connectivity index (χ0n) is 16.4. The van der Waals surface area contributed by atoms with E-state index in [1.165, 1.54) is 0 Å². The molecule has 154 valence electrons. The van der Waals surface area contributed by atoms with Crippen molar-refractivity contribution in [2.24, 2.45) is 0 Å². The maximum Gasteiger partial charge on any atom is 0.335 e. The molecule has 0 unspecified atom stereocenters. The summed E-state index contributed by atoms with van der Waals surface area (Å²) in [6, 6.07) is 15.5. The first-order valence-electron chi connectivity index (χ1n) is 9.89. The van der Waals surface area contributed by atoms with Crippen LogP contribution in [0.1, 0.15) is 18.4 Å². The number of nitrogens with one attached hydrogen (secondary N) is 1. The van der Waals surface area contributed by atoms with Crippen molar-refractivity contribution in [2.75, 3.05) is 29.9 Å². The Bertz CT molecular complexity index is 986. The highest BCUT2D eigenvalue weighted by molar-refractivity contribution is 6.45. The molecule has 2 aliphatic rings. The first-order valence-corrected chi connectivity index (χ1v) is 9.89. The van der Waals surface area contributed by atoms with Gasteiger partial charge in [0, 0.05) is 13.1 Å². The molecule has 2 aliphatic heterocycles. The Morgan fingerprint density at radius 2 is 1.47 bits per heavy atom. The van der Waals surface area contributed by atoms with Crippen LogP contribution in [-0.2, 0) is 20.9 Å². The molecule has 0 radical (unpaired) electrons. The number of amides is 5. The number of imide groups is 2. The van der Waals surface area contributed by atoms with Gasteiger partial charge in [-0.15, -0.1) is 0 Å². The quantitative estimate of drug-likeness (QED) is 0.587. The number of rotatable bonds is 6. The van der Waals surface area contributed by atoms with E-state index >= 15 is 0 Å². The first kappa shape index (κ1) is 19.6. The van der Waals surface area contributed by atoms with Gasteiger partial charge in [-0.3, -0.25) is 19.3 Å². The topological polar surface area (TPSA) is 90.0 Å². The zero-order valence-corrected chi connectivity index (χ0v) is 16.4. The summed E-state index contributed by atoms with van der Waals surface area (Å²) in [4.78, 5) is 53.5. The van der Waals surface area contributed by atoms with E-state index in [2.05, 4.69) is 10.2 Å². The van der Waals surface area contributed by atoms with E-state index in [0.717, 1.165) is 42.1 Å². The minimum Gasteiger partial charge on any atom is -0.370 e. The van der Waals surface area contributed by atoms with Gasteiger partial charge in [0.15, 0.2) is 0 Å². The highest BCUT2D eigenvalue weighted by atomic mass is 16.2. The zero-order chi connectivity index (χ0) is 21.1. The normalized spacial score (nSPS) is 16.5. The lowest BCUT2D eigenvalue weighted by molar-refractivity contribution is -0.143. The highest BCUT2D eigenvalue weighted by Crippen LogP contribution is 2.28. The van der Waals surface area contributed by atoms with Gasteiger partial charge in [0.25, 0.3) is 0 Å². The Hall–Kier alpha value is -3.68. The fourth-order valence-corrected chi connectivity index (χ4v) is 3.74. The van der Waals surface area contributed by atoms with Crippen LogP contribution in [-0.4, -0.2) is 53.2 Å². The summed E-state index contributed by atoms with van der Waals surface area (Å²) >= 11 is 0. The lowest BCUT2D eigenvalue weighted by Crippen LogP contribution is -2.39. The number of hydrogen-bond acceptors (Lipinski definition) is 5. The molecule has 5 amide bonds. The molecule has 0 saturated carbocycles. The Balaban J connectivity index is 1.44. The van der Waals surface area contributed by atoms with E-state index in [-0.39, 0.29) is 6.54 Å². The smallest absolute Gasteiger partial charge is 0.335 e. The summed E-state index contributed by atoms with van der Waals surface area (Å²) in [6.45, 7) is 1.31. The number of hydrogen-bond donors (Lipinski definition) is 1. The molecule has 2 aromatic carbocycles. The number of nitrogens with zero attached hydrogens (tertiary/aromatic N) is 3. The fourth-order valence-electron chi connectivity index (χ4n) is 3.74. The molecule has 0 aliphatic carbocycles. The molecule has 2 heterocycles. The summed E-state index contributed by atoms with van der Waals surface area (Å²) in [6.07, 6.45) is 2.19. The first-order chi connectivity index (χ1) is 14.5. The van der Waals surface area contributed by atoms with E-state index in [0.29, 0.717) is 10.6 Å². The van der Waals surface area contributed by atoms with Crippen LogP contribution in [0, 0.1) is 0 Å². The van der Waals surface area contributed by atoms with Gasteiger partial charge < -0.3 is 10.2 Å². The Labute approximate surface area is 174 Å². The summed E-state index contributed by atoms with van der Waals surface area (Å²) in [5.41, 5.74) is 2.25.